The topological polar surface area (TPSA) is 56.1 Å². The van der Waals surface area contributed by atoms with Crippen molar-refractivity contribution >= 4 is 17.7 Å². The van der Waals surface area contributed by atoms with Gasteiger partial charge in [-0.25, -0.2) is 9.48 Å². The van der Waals surface area contributed by atoms with Crippen LogP contribution in [0.25, 0.3) is 0 Å². The first-order valence-corrected chi connectivity index (χ1v) is 6.55. The number of alkyl carbamates (subject to hydrolysis) is 1. The second-order valence-corrected chi connectivity index (χ2v) is 6.20. The fourth-order valence-corrected chi connectivity index (χ4v) is 2.16. The lowest BCUT2D eigenvalue weighted by atomic mass is 10.2. The molecule has 0 aliphatic heterocycles. The quantitative estimate of drug-likeness (QED) is 0.930. The number of carbonyl (C=O) groups excluding carboxylic acids is 1. The Bertz CT molecular complexity index is 521. The van der Waals surface area contributed by atoms with E-state index in [-0.39, 0.29) is 10.7 Å². The van der Waals surface area contributed by atoms with E-state index in [1.165, 1.54) is 0 Å². The molecule has 1 aromatic rings. The van der Waals surface area contributed by atoms with Crippen LogP contribution in [-0.2, 0) is 10.3 Å². The average molecular weight is 308 g/mol. The third-order valence-electron chi connectivity index (χ3n) is 2.83. The van der Waals surface area contributed by atoms with Gasteiger partial charge in [-0.05, 0) is 33.6 Å². The van der Waals surface area contributed by atoms with Crippen molar-refractivity contribution in [1.29, 1.82) is 0 Å². The zero-order chi connectivity index (χ0) is 15.1. The Morgan fingerprint density at radius 3 is 2.55 bits per heavy atom. The van der Waals surface area contributed by atoms with Crippen molar-refractivity contribution in [2.75, 3.05) is 0 Å². The largest absolute Gasteiger partial charge is 0.444 e. The van der Waals surface area contributed by atoms with Crippen LogP contribution < -0.4 is 5.32 Å². The number of rotatable bonds is 3. The molecule has 0 saturated heterocycles. The van der Waals surface area contributed by atoms with Crippen molar-refractivity contribution in [2.45, 2.75) is 51.3 Å². The van der Waals surface area contributed by atoms with E-state index in [1.807, 2.05) is 0 Å². The maximum absolute atomic E-state index is 12.6. The highest BCUT2D eigenvalue weighted by Gasteiger charge is 2.50. The maximum atomic E-state index is 12.6. The van der Waals surface area contributed by atoms with Crippen LogP contribution in [0.15, 0.2) is 6.20 Å². The van der Waals surface area contributed by atoms with Gasteiger partial charge in [0.15, 0.2) is 0 Å². The van der Waals surface area contributed by atoms with Crippen LogP contribution in [0.4, 0.5) is 13.6 Å². The van der Waals surface area contributed by atoms with Gasteiger partial charge in [0.1, 0.15) is 11.3 Å². The molecule has 1 aromatic heterocycles. The Kier molecular flexibility index (Phi) is 3.66. The van der Waals surface area contributed by atoms with E-state index in [0.29, 0.717) is 17.5 Å². The second-order valence-electron chi connectivity index (χ2n) is 5.79. The van der Waals surface area contributed by atoms with Crippen molar-refractivity contribution in [3.05, 3.63) is 16.9 Å². The van der Waals surface area contributed by atoms with Crippen LogP contribution in [0.3, 0.4) is 0 Å². The molecule has 1 heterocycles. The van der Waals surface area contributed by atoms with E-state index in [0.717, 1.165) is 6.20 Å². The number of alkyl halides is 2. The predicted octanol–water partition coefficient (Wildman–Crippen LogP) is 3.45. The summed E-state index contributed by atoms with van der Waals surface area (Å²) in [4.78, 5) is 11.8. The summed E-state index contributed by atoms with van der Waals surface area (Å²) in [6, 6.07) is 0. The van der Waals surface area contributed by atoms with E-state index in [9.17, 15) is 13.6 Å². The number of nitrogens with one attached hydrogen (secondary N) is 1. The van der Waals surface area contributed by atoms with Crippen molar-refractivity contribution in [3.63, 3.8) is 0 Å². The Morgan fingerprint density at radius 1 is 1.55 bits per heavy atom. The predicted molar refractivity (Wildman–Crippen MR) is 68.8 cm³/mol. The van der Waals surface area contributed by atoms with Gasteiger partial charge in [-0.2, -0.15) is 13.9 Å². The van der Waals surface area contributed by atoms with Crippen LogP contribution >= 0.6 is 11.6 Å². The Balaban J connectivity index is 2.14. The molecule has 1 aliphatic carbocycles. The van der Waals surface area contributed by atoms with Gasteiger partial charge in [0.25, 0.3) is 0 Å². The number of ether oxygens (including phenoxy) is 1. The molecule has 0 bridgehead atoms. The summed E-state index contributed by atoms with van der Waals surface area (Å²) >= 11 is 5.92. The molecule has 8 heteroatoms. The molecule has 112 valence electrons. The van der Waals surface area contributed by atoms with Crippen molar-refractivity contribution in [3.8, 4) is 0 Å². The van der Waals surface area contributed by atoms with Crippen molar-refractivity contribution < 1.29 is 18.3 Å². The molecule has 0 atom stereocenters. The van der Waals surface area contributed by atoms with Gasteiger partial charge in [0, 0.05) is 6.20 Å². The molecule has 1 fully saturated rings. The van der Waals surface area contributed by atoms with E-state index in [1.54, 1.807) is 20.8 Å². The van der Waals surface area contributed by atoms with Crippen LogP contribution in [0.5, 0.6) is 0 Å². The minimum atomic E-state index is -2.77. The standard InChI is InChI=1S/C12H16ClF2N3O2/c1-11(2,3)20-10(19)16-12(4-5-12)8-7(13)6-18(17-8)9(14)15/h6,9H,4-5H2,1-3H3,(H,16,19). The number of hydrogen-bond acceptors (Lipinski definition) is 3. The molecule has 0 spiro atoms. The zero-order valence-corrected chi connectivity index (χ0v) is 12.2. The normalized spacial score (nSPS) is 17.1. The smallest absolute Gasteiger partial charge is 0.408 e. The van der Waals surface area contributed by atoms with Gasteiger partial charge in [-0.15, -0.1) is 0 Å². The third kappa shape index (κ3) is 3.20. The zero-order valence-electron chi connectivity index (χ0n) is 11.4. The average Bonchev–Trinajstić information content (AvgIpc) is 2.89. The monoisotopic (exact) mass is 307 g/mol. The van der Waals surface area contributed by atoms with Crippen molar-refractivity contribution in [1.82, 2.24) is 15.1 Å². The number of halogens is 3. The summed E-state index contributed by atoms with van der Waals surface area (Å²) in [6.45, 7) is 2.46. The summed E-state index contributed by atoms with van der Waals surface area (Å²) in [7, 11) is 0. The molecule has 20 heavy (non-hydrogen) atoms. The molecule has 0 unspecified atom stereocenters. The molecule has 0 aromatic carbocycles. The molecule has 1 amide bonds. The Labute approximate surface area is 120 Å². The molecule has 2 rings (SSSR count). The first-order chi connectivity index (χ1) is 9.13. The molecular formula is C12H16ClF2N3O2. The molecule has 0 radical (unpaired) electrons. The minimum absolute atomic E-state index is 0.110. The van der Waals surface area contributed by atoms with Gasteiger partial charge in [-0.1, -0.05) is 11.6 Å². The summed E-state index contributed by atoms with van der Waals surface area (Å²) in [5.74, 6) is 0. The summed E-state index contributed by atoms with van der Waals surface area (Å²) in [5, 5.41) is 6.53. The fraction of sp³-hybridized carbons (Fsp3) is 0.667. The van der Waals surface area contributed by atoms with E-state index < -0.39 is 23.8 Å². The molecular weight excluding hydrogens is 292 g/mol. The fourth-order valence-electron chi connectivity index (χ4n) is 1.84. The first-order valence-electron chi connectivity index (χ1n) is 6.17. The highest BCUT2D eigenvalue weighted by atomic mass is 35.5. The lowest BCUT2D eigenvalue weighted by Gasteiger charge is -2.22. The number of hydrogen-bond donors (Lipinski definition) is 1. The molecule has 1 saturated carbocycles. The number of carbonyl (C=O) groups is 1. The van der Waals surface area contributed by atoms with Crippen LogP contribution in [0, 0.1) is 0 Å². The lowest BCUT2D eigenvalue weighted by molar-refractivity contribution is 0.0488. The van der Waals surface area contributed by atoms with Crippen LogP contribution in [0.1, 0.15) is 45.9 Å². The SMILES string of the molecule is CC(C)(C)OC(=O)NC1(c2nn(C(F)F)cc2Cl)CC1. The van der Waals surface area contributed by atoms with Gasteiger partial charge in [0.2, 0.25) is 0 Å². The van der Waals surface area contributed by atoms with Gasteiger partial charge in [-0.3, -0.25) is 0 Å². The number of aromatic nitrogens is 2. The highest BCUT2D eigenvalue weighted by molar-refractivity contribution is 6.31. The maximum Gasteiger partial charge on any atom is 0.408 e. The lowest BCUT2D eigenvalue weighted by Crippen LogP contribution is -2.39. The van der Waals surface area contributed by atoms with E-state index >= 15 is 0 Å². The Hall–Kier alpha value is -1.37. The van der Waals surface area contributed by atoms with Gasteiger partial charge < -0.3 is 10.1 Å². The summed E-state index contributed by atoms with van der Waals surface area (Å²) in [5.41, 5.74) is -1.17. The summed E-state index contributed by atoms with van der Waals surface area (Å²) in [6.07, 6.45) is 1.62. The second kappa shape index (κ2) is 4.87. The third-order valence-corrected chi connectivity index (χ3v) is 3.11. The van der Waals surface area contributed by atoms with Crippen molar-refractivity contribution in [2.24, 2.45) is 0 Å². The molecule has 5 nitrogen and oxygen atoms in total. The Morgan fingerprint density at radius 2 is 2.15 bits per heavy atom. The number of amides is 1. The van der Waals surface area contributed by atoms with E-state index in [4.69, 9.17) is 16.3 Å². The highest BCUT2D eigenvalue weighted by Crippen LogP contribution is 2.47. The first kappa shape index (κ1) is 15.0. The van der Waals surface area contributed by atoms with Gasteiger partial charge >= 0.3 is 12.6 Å². The number of nitrogens with zero attached hydrogens (tertiary/aromatic N) is 2. The minimum Gasteiger partial charge on any atom is -0.444 e. The van der Waals surface area contributed by atoms with E-state index in [2.05, 4.69) is 10.4 Å². The van der Waals surface area contributed by atoms with Crippen LogP contribution in [-0.4, -0.2) is 21.5 Å². The van der Waals surface area contributed by atoms with Crippen LogP contribution in [0.2, 0.25) is 5.02 Å². The molecule has 1 N–H and O–H groups in total. The molecule has 1 aliphatic rings. The summed E-state index contributed by atoms with van der Waals surface area (Å²) < 4.78 is 30.8. The van der Waals surface area contributed by atoms with Gasteiger partial charge in [0.05, 0.1) is 10.6 Å².